The molecule has 0 aliphatic heterocycles. The van der Waals surface area contributed by atoms with Crippen molar-refractivity contribution in [3.05, 3.63) is 29.8 Å². The summed E-state index contributed by atoms with van der Waals surface area (Å²) in [6, 6.07) is 8.59. The van der Waals surface area contributed by atoms with E-state index in [2.05, 4.69) is 36.6 Å². The monoisotopic (exact) mass is 247 g/mol. The molecule has 2 nitrogen and oxygen atoms in total. The predicted octanol–water partition coefficient (Wildman–Crippen LogP) is 3.55. The highest BCUT2D eigenvalue weighted by Crippen LogP contribution is 2.31. The van der Waals surface area contributed by atoms with Crippen LogP contribution in [0.25, 0.3) is 0 Å². The van der Waals surface area contributed by atoms with E-state index < -0.39 is 0 Å². The molecule has 100 valence electrons. The third kappa shape index (κ3) is 3.26. The van der Waals surface area contributed by atoms with Crippen LogP contribution in [-0.2, 0) is 6.42 Å². The number of rotatable bonds is 5. The van der Waals surface area contributed by atoms with Gasteiger partial charge >= 0.3 is 0 Å². The van der Waals surface area contributed by atoms with E-state index in [-0.39, 0.29) is 0 Å². The van der Waals surface area contributed by atoms with Crippen LogP contribution in [0.4, 0.5) is 0 Å². The predicted molar refractivity (Wildman–Crippen MR) is 76.2 cm³/mol. The van der Waals surface area contributed by atoms with Crippen LogP contribution in [0.2, 0.25) is 0 Å². The molecule has 0 bridgehead atoms. The van der Waals surface area contributed by atoms with Gasteiger partial charge in [-0.15, -0.1) is 0 Å². The van der Waals surface area contributed by atoms with Crippen molar-refractivity contribution in [1.29, 1.82) is 0 Å². The summed E-state index contributed by atoms with van der Waals surface area (Å²) in [5.41, 5.74) is 1.74. The molecule has 0 atom stereocenters. The maximum atomic E-state index is 5.49. The van der Waals surface area contributed by atoms with Crippen LogP contribution in [0.1, 0.15) is 44.6 Å². The lowest BCUT2D eigenvalue weighted by Gasteiger charge is -2.37. The molecule has 1 aromatic rings. The highest BCUT2D eigenvalue weighted by Gasteiger charge is 2.30. The number of benzene rings is 1. The van der Waals surface area contributed by atoms with Gasteiger partial charge in [0.05, 0.1) is 6.61 Å². The Kier molecular flexibility index (Phi) is 4.65. The maximum absolute atomic E-state index is 5.49. The lowest BCUT2D eigenvalue weighted by Crippen LogP contribution is -2.46. The summed E-state index contributed by atoms with van der Waals surface area (Å²) in [6.07, 6.45) is 7.85. The molecule has 0 radical (unpaired) electrons. The minimum atomic E-state index is 0.325. The first-order chi connectivity index (χ1) is 8.78. The summed E-state index contributed by atoms with van der Waals surface area (Å²) in [7, 11) is 2.11. The molecule has 0 aromatic heterocycles. The van der Waals surface area contributed by atoms with E-state index >= 15 is 0 Å². The van der Waals surface area contributed by atoms with E-state index in [1.54, 1.807) is 0 Å². The van der Waals surface area contributed by atoms with Crippen molar-refractivity contribution in [1.82, 2.24) is 5.32 Å². The number of hydrogen-bond donors (Lipinski definition) is 1. The van der Waals surface area contributed by atoms with Crippen molar-refractivity contribution in [2.45, 2.75) is 51.0 Å². The van der Waals surface area contributed by atoms with E-state index in [0.29, 0.717) is 5.54 Å². The number of ether oxygens (including phenoxy) is 1. The lowest BCUT2D eigenvalue weighted by molar-refractivity contribution is 0.244. The fourth-order valence-corrected chi connectivity index (χ4v) is 3.00. The van der Waals surface area contributed by atoms with Gasteiger partial charge in [0.1, 0.15) is 5.75 Å². The van der Waals surface area contributed by atoms with Crippen LogP contribution in [0.3, 0.4) is 0 Å². The van der Waals surface area contributed by atoms with Crippen molar-refractivity contribution >= 4 is 0 Å². The second-order valence-electron chi connectivity index (χ2n) is 5.34. The van der Waals surface area contributed by atoms with Gasteiger partial charge in [-0.05, 0) is 50.9 Å². The Hall–Kier alpha value is -1.02. The van der Waals surface area contributed by atoms with Gasteiger partial charge in [0.2, 0.25) is 0 Å². The molecule has 1 N–H and O–H groups in total. The molecule has 1 fully saturated rings. The standard InChI is InChI=1S/C16H25NO/c1-3-18-15-9-7-14(8-10-15)13-16(17-2)11-5-4-6-12-16/h7-10,17H,3-6,11-13H2,1-2H3. The quantitative estimate of drug-likeness (QED) is 0.859. The van der Waals surface area contributed by atoms with Crippen LogP contribution in [-0.4, -0.2) is 19.2 Å². The van der Waals surface area contributed by atoms with Gasteiger partial charge in [-0.3, -0.25) is 0 Å². The van der Waals surface area contributed by atoms with Crippen molar-refractivity contribution in [2.24, 2.45) is 0 Å². The van der Waals surface area contributed by atoms with Crippen LogP contribution < -0.4 is 10.1 Å². The van der Waals surface area contributed by atoms with E-state index in [1.807, 2.05) is 6.92 Å². The second-order valence-corrected chi connectivity index (χ2v) is 5.34. The molecule has 1 aromatic carbocycles. The van der Waals surface area contributed by atoms with E-state index in [0.717, 1.165) is 18.8 Å². The van der Waals surface area contributed by atoms with Gasteiger partial charge in [0, 0.05) is 5.54 Å². The van der Waals surface area contributed by atoms with Crippen molar-refractivity contribution < 1.29 is 4.74 Å². The smallest absolute Gasteiger partial charge is 0.119 e. The van der Waals surface area contributed by atoms with E-state index in [9.17, 15) is 0 Å². The van der Waals surface area contributed by atoms with Gasteiger partial charge in [-0.2, -0.15) is 0 Å². The first-order valence-corrected chi connectivity index (χ1v) is 7.19. The lowest BCUT2D eigenvalue weighted by atomic mass is 9.77. The molecule has 1 aliphatic carbocycles. The summed E-state index contributed by atoms with van der Waals surface area (Å²) >= 11 is 0. The van der Waals surface area contributed by atoms with Crippen molar-refractivity contribution in [2.75, 3.05) is 13.7 Å². The van der Waals surface area contributed by atoms with Gasteiger partial charge in [-0.1, -0.05) is 31.4 Å². The topological polar surface area (TPSA) is 21.3 Å². The number of hydrogen-bond acceptors (Lipinski definition) is 2. The minimum Gasteiger partial charge on any atom is -0.494 e. The Balaban J connectivity index is 2.02. The summed E-state index contributed by atoms with van der Waals surface area (Å²) in [5.74, 6) is 0.975. The van der Waals surface area contributed by atoms with Gasteiger partial charge in [0.25, 0.3) is 0 Å². The maximum Gasteiger partial charge on any atom is 0.119 e. The third-order valence-corrected chi connectivity index (χ3v) is 4.12. The van der Waals surface area contributed by atoms with Gasteiger partial charge in [-0.25, -0.2) is 0 Å². The summed E-state index contributed by atoms with van der Waals surface area (Å²) < 4.78 is 5.49. The Bertz CT molecular complexity index is 352. The zero-order valence-electron chi connectivity index (χ0n) is 11.7. The first kappa shape index (κ1) is 13.4. The molecule has 0 spiro atoms. The first-order valence-electron chi connectivity index (χ1n) is 7.19. The molecular weight excluding hydrogens is 222 g/mol. The normalized spacial score (nSPS) is 18.6. The largest absolute Gasteiger partial charge is 0.494 e. The molecule has 1 aliphatic rings. The summed E-state index contributed by atoms with van der Waals surface area (Å²) in [4.78, 5) is 0. The molecule has 0 saturated heterocycles. The van der Waals surface area contributed by atoms with E-state index in [4.69, 9.17) is 4.74 Å². The molecule has 1 saturated carbocycles. The van der Waals surface area contributed by atoms with E-state index in [1.165, 1.54) is 37.7 Å². The molecule has 2 heteroatoms. The molecule has 0 amide bonds. The molecule has 18 heavy (non-hydrogen) atoms. The van der Waals surface area contributed by atoms with Crippen molar-refractivity contribution in [3.63, 3.8) is 0 Å². The highest BCUT2D eigenvalue weighted by atomic mass is 16.5. The highest BCUT2D eigenvalue weighted by molar-refractivity contribution is 5.28. The van der Waals surface area contributed by atoms with Crippen molar-refractivity contribution in [3.8, 4) is 5.75 Å². The summed E-state index contributed by atoms with van der Waals surface area (Å²) in [6.45, 7) is 2.76. The molecular formula is C16H25NO. The van der Waals surface area contributed by atoms with Gasteiger partial charge in [0.15, 0.2) is 0 Å². The molecule has 2 rings (SSSR count). The van der Waals surface area contributed by atoms with Crippen LogP contribution >= 0.6 is 0 Å². The number of likely N-dealkylation sites (N-methyl/N-ethyl adjacent to an activating group) is 1. The SMILES string of the molecule is CCOc1ccc(CC2(NC)CCCCC2)cc1. The van der Waals surface area contributed by atoms with Crippen LogP contribution in [0.15, 0.2) is 24.3 Å². The Labute approximate surface area is 111 Å². The Morgan fingerprint density at radius 2 is 1.78 bits per heavy atom. The Morgan fingerprint density at radius 1 is 1.11 bits per heavy atom. The average Bonchev–Trinajstić information content (AvgIpc) is 2.42. The molecule has 0 unspecified atom stereocenters. The average molecular weight is 247 g/mol. The fraction of sp³-hybridized carbons (Fsp3) is 0.625. The number of nitrogens with one attached hydrogen (secondary N) is 1. The molecule has 0 heterocycles. The minimum absolute atomic E-state index is 0.325. The third-order valence-electron chi connectivity index (χ3n) is 4.12. The second kappa shape index (κ2) is 6.24. The zero-order valence-corrected chi connectivity index (χ0v) is 11.7. The fourth-order valence-electron chi connectivity index (χ4n) is 3.00. The van der Waals surface area contributed by atoms with Gasteiger partial charge < -0.3 is 10.1 Å². The summed E-state index contributed by atoms with van der Waals surface area (Å²) in [5, 5.41) is 3.57. The van der Waals surface area contributed by atoms with Crippen LogP contribution in [0, 0.1) is 0 Å². The Morgan fingerprint density at radius 3 is 2.33 bits per heavy atom. The zero-order chi connectivity index (χ0) is 12.8. The van der Waals surface area contributed by atoms with Crippen LogP contribution in [0.5, 0.6) is 5.75 Å².